The van der Waals surface area contributed by atoms with Crippen molar-refractivity contribution in [1.82, 2.24) is 15.1 Å². The third-order valence-electron chi connectivity index (χ3n) is 5.01. The highest BCUT2D eigenvalue weighted by atomic mass is 35.5. The molecular weight excluding hydrogens is 355 g/mol. The molecule has 2 heterocycles. The summed E-state index contributed by atoms with van der Waals surface area (Å²) < 4.78 is 13.9. The summed E-state index contributed by atoms with van der Waals surface area (Å²) >= 11 is 6.02. The summed E-state index contributed by atoms with van der Waals surface area (Å²) in [5.41, 5.74) is 1.34. The molecule has 0 N–H and O–H groups in total. The smallest absolute Gasteiger partial charge is 0.227 e. The molecule has 0 radical (unpaired) electrons. The van der Waals surface area contributed by atoms with Crippen molar-refractivity contribution in [3.63, 3.8) is 0 Å². The van der Waals surface area contributed by atoms with Gasteiger partial charge in [0, 0.05) is 42.7 Å². The van der Waals surface area contributed by atoms with E-state index in [2.05, 4.69) is 21.2 Å². The minimum atomic E-state index is -0.435. The predicted octanol–water partition coefficient (Wildman–Crippen LogP) is 3.04. The number of aromatic nitrogens is 2. The molecule has 1 amide bonds. The van der Waals surface area contributed by atoms with Crippen molar-refractivity contribution in [2.45, 2.75) is 25.2 Å². The van der Waals surface area contributed by atoms with E-state index in [1.807, 2.05) is 6.07 Å². The lowest BCUT2D eigenvalue weighted by Crippen LogP contribution is -2.49. The quantitative estimate of drug-likeness (QED) is 0.825. The largest absolute Gasteiger partial charge is 0.352 e. The van der Waals surface area contributed by atoms with Gasteiger partial charge in [-0.2, -0.15) is 5.10 Å². The Bertz CT molecular complexity index is 781. The standard InChI is InChI=1S/C19H20ClFN4O/c20-15-2-1-3-16(21)14(15)12-19(26)25-10-8-24(9-11-25)18-7-6-17(22-23-18)13-4-5-13/h1-3,6-7,13H,4-5,8-12H2. The first kappa shape index (κ1) is 17.2. The molecule has 1 aromatic carbocycles. The first-order chi connectivity index (χ1) is 12.6. The summed E-state index contributed by atoms with van der Waals surface area (Å²) in [7, 11) is 0. The van der Waals surface area contributed by atoms with Crippen LogP contribution in [0.2, 0.25) is 5.02 Å². The molecule has 1 aliphatic carbocycles. The number of benzene rings is 1. The Morgan fingerprint density at radius 3 is 2.50 bits per heavy atom. The van der Waals surface area contributed by atoms with Crippen LogP contribution in [0.5, 0.6) is 0 Å². The SMILES string of the molecule is O=C(Cc1c(F)cccc1Cl)N1CCN(c2ccc(C3CC3)nn2)CC1. The zero-order valence-corrected chi connectivity index (χ0v) is 15.1. The molecule has 136 valence electrons. The van der Waals surface area contributed by atoms with E-state index < -0.39 is 5.82 Å². The van der Waals surface area contributed by atoms with Gasteiger partial charge in [-0.05, 0) is 37.1 Å². The highest BCUT2D eigenvalue weighted by Crippen LogP contribution is 2.38. The van der Waals surface area contributed by atoms with Crippen LogP contribution < -0.4 is 4.90 Å². The Kier molecular flexibility index (Phi) is 4.76. The lowest BCUT2D eigenvalue weighted by molar-refractivity contribution is -0.130. The van der Waals surface area contributed by atoms with Gasteiger partial charge in [0.15, 0.2) is 5.82 Å². The van der Waals surface area contributed by atoms with E-state index >= 15 is 0 Å². The van der Waals surface area contributed by atoms with Crippen molar-refractivity contribution >= 4 is 23.3 Å². The average molecular weight is 375 g/mol. The molecule has 2 aromatic rings. The Hall–Kier alpha value is -2.21. The van der Waals surface area contributed by atoms with Crippen LogP contribution in [0.1, 0.15) is 30.0 Å². The fourth-order valence-electron chi connectivity index (χ4n) is 3.25. The molecule has 0 unspecified atom stereocenters. The number of carbonyl (C=O) groups is 1. The number of anilines is 1. The number of rotatable bonds is 4. The topological polar surface area (TPSA) is 49.3 Å². The summed E-state index contributed by atoms with van der Waals surface area (Å²) in [6.07, 6.45) is 2.41. The van der Waals surface area contributed by atoms with E-state index in [4.69, 9.17) is 11.6 Å². The molecule has 1 saturated carbocycles. The molecule has 0 spiro atoms. The van der Waals surface area contributed by atoms with Gasteiger partial charge in [0.05, 0.1) is 12.1 Å². The van der Waals surface area contributed by atoms with Gasteiger partial charge in [0.1, 0.15) is 5.82 Å². The van der Waals surface area contributed by atoms with Crippen LogP contribution in [0.25, 0.3) is 0 Å². The molecule has 1 aromatic heterocycles. The maximum Gasteiger partial charge on any atom is 0.227 e. The third-order valence-corrected chi connectivity index (χ3v) is 5.37. The zero-order chi connectivity index (χ0) is 18.1. The first-order valence-corrected chi connectivity index (χ1v) is 9.29. The highest BCUT2D eigenvalue weighted by molar-refractivity contribution is 6.31. The van der Waals surface area contributed by atoms with Crippen molar-refractivity contribution in [2.75, 3.05) is 31.1 Å². The molecule has 1 saturated heterocycles. The minimum Gasteiger partial charge on any atom is -0.352 e. The summed E-state index contributed by atoms with van der Waals surface area (Å²) in [6, 6.07) is 8.54. The molecule has 1 aliphatic heterocycles. The summed E-state index contributed by atoms with van der Waals surface area (Å²) in [4.78, 5) is 16.4. The van der Waals surface area contributed by atoms with Crippen LogP contribution in [-0.4, -0.2) is 47.2 Å². The third kappa shape index (κ3) is 3.65. The number of halogens is 2. The molecule has 7 heteroatoms. The number of carbonyl (C=O) groups excluding carboxylic acids is 1. The summed E-state index contributed by atoms with van der Waals surface area (Å²) in [5.74, 6) is 0.900. The van der Waals surface area contributed by atoms with E-state index in [0.717, 1.165) is 11.5 Å². The van der Waals surface area contributed by atoms with Crippen LogP contribution in [-0.2, 0) is 11.2 Å². The van der Waals surface area contributed by atoms with Crippen LogP contribution in [0.15, 0.2) is 30.3 Å². The maximum atomic E-state index is 13.9. The number of piperazine rings is 1. The fraction of sp³-hybridized carbons (Fsp3) is 0.421. The molecule has 5 nitrogen and oxygen atoms in total. The molecule has 0 atom stereocenters. The second-order valence-corrected chi connectivity index (χ2v) is 7.24. The number of hydrogen-bond donors (Lipinski definition) is 0. The second-order valence-electron chi connectivity index (χ2n) is 6.84. The van der Waals surface area contributed by atoms with Gasteiger partial charge in [-0.1, -0.05) is 17.7 Å². The molecule has 26 heavy (non-hydrogen) atoms. The second kappa shape index (κ2) is 7.19. The Morgan fingerprint density at radius 2 is 1.88 bits per heavy atom. The van der Waals surface area contributed by atoms with Crippen molar-refractivity contribution in [1.29, 1.82) is 0 Å². The lowest BCUT2D eigenvalue weighted by atomic mass is 10.1. The first-order valence-electron chi connectivity index (χ1n) is 8.91. The van der Waals surface area contributed by atoms with E-state index in [1.54, 1.807) is 17.0 Å². The van der Waals surface area contributed by atoms with Crippen LogP contribution >= 0.6 is 11.6 Å². The van der Waals surface area contributed by atoms with Crippen LogP contribution in [0.4, 0.5) is 10.2 Å². The fourth-order valence-corrected chi connectivity index (χ4v) is 3.48. The van der Waals surface area contributed by atoms with Crippen LogP contribution in [0, 0.1) is 5.82 Å². The Balaban J connectivity index is 1.34. The average Bonchev–Trinajstić information content (AvgIpc) is 3.50. The normalized spacial score (nSPS) is 17.5. The van der Waals surface area contributed by atoms with Crippen molar-refractivity contribution < 1.29 is 9.18 Å². The van der Waals surface area contributed by atoms with Crippen LogP contribution in [0.3, 0.4) is 0 Å². The Morgan fingerprint density at radius 1 is 1.12 bits per heavy atom. The monoisotopic (exact) mass is 374 g/mol. The molecule has 2 fully saturated rings. The number of nitrogens with zero attached hydrogens (tertiary/aromatic N) is 4. The number of hydrogen-bond acceptors (Lipinski definition) is 4. The van der Waals surface area contributed by atoms with Gasteiger partial charge in [-0.15, -0.1) is 5.10 Å². The van der Waals surface area contributed by atoms with Gasteiger partial charge in [-0.3, -0.25) is 4.79 Å². The highest BCUT2D eigenvalue weighted by Gasteiger charge is 2.27. The minimum absolute atomic E-state index is 0.0125. The van der Waals surface area contributed by atoms with Gasteiger partial charge in [0.2, 0.25) is 5.91 Å². The van der Waals surface area contributed by atoms with Crippen molar-refractivity contribution in [3.05, 3.63) is 52.4 Å². The van der Waals surface area contributed by atoms with E-state index in [9.17, 15) is 9.18 Å². The van der Waals surface area contributed by atoms with E-state index in [-0.39, 0.29) is 17.9 Å². The molecule has 4 rings (SSSR count). The van der Waals surface area contributed by atoms with Gasteiger partial charge >= 0.3 is 0 Å². The van der Waals surface area contributed by atoms with Gasteiger partial charge in [0.25, 0.3) is 0 Å². The summed E-state index contributed by atoms with van der Waals surface area (Å²) in [5, 5.41) is 8.94. The molecule has 0 bridgehead atoms. The zero-order valence-electron chi connectivity index (χ0n) is 14.4. The predicted molar refractivity (Wildman–Crippen MR) is 97.9 cm³/mol. The maximum absolute atomic E-state index is 13.9. The Labute approximate surface area is 156 Å². The molecular formula is C19H20ClFN4O. The van der Waals surface area contributed by atoms with E-state index in [0.29, 0.717) is 37.1 Å². The number of amides is 1. The lowest BCUT2D eigenvalue weighted by Gasteiger charge is -2.35. The van der Waals surface area contributed by atoms with Crippen molar-refractivity contribution in [3.8, 4) is 0 Å². The molecule has 2 aliphatic rings. The summed E-state index contributed by atoms with van der Waals surface area (Å²) in [6.45, 7) is 2.54. The van der Waals surface area contributed by atoms with Gasteiger partial charge < -0.3 is 9.80 Å². The van der Waals surface area contributed by atoms with E-state index in [1.165, 1.54) is 18.9 Å². The van der Waals surface area contributed by atoms with Crippen molar-refractivity contribution in [2.24, 2.45) is 0 Å². The van der Waals surface area contributed by atoms with Gasteiger partial charge in [-0.25, -0.2) is 4.39 Å².